The standard InChI is InChI=1S/C21H20Cl2N6O4S/c1-3-28-18(10-19(30)24-13-5-4-12(2)16(23)8-13)26-27-21(28)34-11-20(31)25-17-9-14(29(32)33)6-7-15(17)22/h4-9H,3,10-11H2,1-2H3,(H,24,30)(H,25,31). The van der Waals surface area contributed by atoms with Gasteiger partial charge in [0.05, 0.1) is 27.8 Å². The van der Waals surface area contributed by atoms with Crippen molar-refractivity contribution in [1.82, 2.24) is 14.8 Å². The number of hydrogen-bond acceptors (Lipinski definition) is 7. The largest absolute Gasteiger partial charge is 0.326 e. The van der Waals surface area contributed by atoms with Crippen molar-refractivity contribution < 1.29 is 14.5 Å². The third-order valence-corrected chi connectivity index (χ3v) is 6.35. The molecule has 1 heterocycles. The molecule has 1 aromatic heterocycles. The number of non-ortho nitro benzene ring substituents is 1. The molecule has 0 saturated carbocycles. The van der Waals surface area contributed by atoms with E-state index >= 15 is 0 Å². The highest BCUT2D eigenvalue weighted by Gasteiger charge is 2.17. The first-order chi connectivity index (χ1) is 16.2. The molecule has 0 bridgehead atoms. The van der Waals surface area contributed by atoms with Gasteiger partial charge in [0.2, 0.25) is 11.8 Å². The Balaban J connectivity index is 1.61. The number of carbonyl (C=O) groups excluding carboxylic acids is 2. The number of rotatable bonds is 9. The smallest absolute Gasteiger partial charge is 0.271 e. The molecule has 0 aliphatic carbocycles. The van der Waals surface area contributed by atoms with Gasteiger partial charge in [0.15, 0.2) is 5.16 Å². The zero-order valence-corrected chi connectivity index (χ0v) is 20.5. The Morgan fingerprint density at radius 1 is 1.09 bits per heavy atom. The molecular weight excluding hydrogens is 503 g/mol. The summed E-state index contributed by atoms with van der Waals surface area (Å²) in [5, 5.41) is 25.6. The van der Waals surface area contributed by atoms with Gasteiger partial charge in [-0.05, 0) is 37.6 Å². The molecular formula is C21H20Cl2N6O4S. The third-order valence-electron chi connectivity index (χ3n) is 4.65. The van der Waals surface area contributed by atoms with Crippen LogP contribution in [0.5, 0.6) is 0 Å². The van der Waals surface area contributed by atoms with Crippen LogP contribution in [0.3, 0.4) is 0 Å². The quantitative estimate of drug-likeness (QED) is 0.235. The van der Waals surface area contributed by atoms with Gasteiger partial charge in [-0.2, -0.15) is 0 Å². The summed E-state index contributed by atoms with van der Waals surface area (Å²) in [7, 11) is 0. The Hall–Kier alpha value is -3.15. The van der Waals surface area contributed by atoms with Crippen molar-refractivity contribution in [2.75, 3.05) is 16.4 Å². The molecule has 3 aromatic rings. The predicted molar refractivity (Wildman–Crippen MR) is 132 cm³/mol. The lowest BCUT2D eigenvalue weighted by Gasteiger charge is -2.09. The lowest BCUT2D eigenvalue weighted by atomic mass is 10.2. The number of nitrogens with zero attached hydrogens (tertiary/aromatic N) is 4. The molecule has 10 nitrogen and oxygen atoms in total. The van der Waals surface area contributed by atoms with E-state index in [1.54, 1.807) is 16.7 Å². The molecule has 0 atom stereocenters. The highest BCUT2D eigenvalue weighted by Crippen LogP contribution is 2.27. The number of nitro benzene ring substituents is 1. The summed E-state index contributed by atoms with van der Waals surface area (Å²) in [6, 6.07) is 9.04. The second-order valence-corrected chi connectivity index (χ2v) is 8.85. The molecule has 0 radical (unpaired) electrons. The van der Waals surface area contributed by atoms with Crippen molar-refractivity contribution in [3.63, 3.8) is 0 Å². The maximum Gasteiger partial charge on any atom is 0.271 e. The average molecular weight is 523 g/mol. The molecule has 13 heteroatoms. The molecule has 0 fully saturated rings. The van der Waals surface area contributed by atoms with Gasteiger partial charge in [-0.1, -0.05) is 41.0 Å². The van der Waals surface area contributed by atoms with Crippen LogP contribution < -0.4 is 10.6 Å². The van der Waals surface area contributed by atoms with Crippen LogP contribution in [-0.4, -0.2) is 37.3 Å². The normalized spacial score (nSPS) is 10.7. The zero-order valence-electron chi connectivity index (χ0n) is 18.2. The van der Waals surface area contributed by atoms with Crippen molar-refractivity contribution in [1.29, 1.82) is 0 Å². The molecule has 0 saturated heterocycles. The number of amides is 2. The molecule has 0 spiro atoms. The van der Waals surface area contributed by atoms with Crippen molar-refractivity contribution >= 4 is 63.8 Å². The monoisotopic (exact) mass is 522 g/mol. The Kier molecular flexibility index (Phi) is 8.48. The molecule has 0 unspecified atom stereocenters. The van der Waals surface area contributed by atoms with E-state index in [0.29, 0.717) is 28.2 Å². The Morgan fingerprint density at radius 2 is 1.85 bits per heavy atom. The van der Waals surface area contributed by atoms with Gasteiger partial charge in [0, 0.05) is 29.4 Å². The number of carbonyl (C=O) groups is 2. The van der Waals surface area contributed by atoms with Crippen molar-refractivity contribution in [3.8, 4) is 0 Å². The summed E-state index contributed by atoms with van der Waals surface area (Å²) in [6.07, 6.45) is -0.0115. The lowest BCUT2D eigenvalue weighted by Crippen LogP contribution is -2.18. The fourth-order valence-corrected chi connectivity index (χ4v) is 4.10. The fraction of sp³-hybridized carbons (Fsp3) is 0.238. The molecule has 178 valence electrons. The summed E-state index contributed by atoms with van der Waals surface area (Å²) < 4.78 is 1.74. The molecule has 2 aromatic carbocycles. The number of halogens is 2. The number of hydrogen-bond donors (Lipinski definition) is 2. The molecule has 2 amide bonds. The first-order valence-electron chi connectivity index (χ1n) is 10.0. The van der Waals surface area contributed by atoms with Gasteiger partial charge in [-0.3, -0.25) is 19.7 Å². The third kappa shape index (κ3) is 6.46. The van der Waals surface area contributed by atoms with E-state index in [9.17, 15) is 19.7 Å². The second-order valence-electron chi connectivity index (χ2n) is 7.09. The Labute approximate surface area is 209 Å². The van der Waals surface area contributed by atoms with Gasteiger partial charge in [-0.25, -0.2) is 0 Å². The summed E-state index contributed by atoms with van der Waals surface area (Å²) >= 11 is 13.2. The number of nitro groups is 1. The minimum Gasteiger partial charge on any atom is -0.326 e. The SMILES string of the molecule is CCn1c(CC(=O)Nc2ccc(C)c(Cl)c2)nnc1SCC(=O)Nc1cc([N+](=O)[O-])ccc1Cl. The van der Waals surface area contributed by atoms with E-state index in [2.05, 4.69) is 20.8 Å². The topological polar surface area (TPSA) is 132 Å². The summed E-state index contributed by atoms with van der Waals surface area (Å²) in [5.41, 5.74) is 1.44. The van der Waals surface area contributed by atoms with E-state index in [1.165, 1.54) is 18.2 Å². The molecule has 0 aliphatic rings. The first-order valence-corrected chi connectivity index (χ1v) is 11.8. The van der Waals surface area contributed by atoms with Crippen molar-refractivity contribution in [2.45, 2.75) is 32.0 Å². The second kappa shape index (κ2) is 11.3. The van der Waals surface area contributed by atoms with Crippen LogP contribution >= 0.6 is 35.0 Å². The number of nitrogens with one attached hydrogen (secondary N) is 2. The van der Waals surface area contributed by atoms with Crippen LogP contribution in [0.2, 0.25) is 10.0 Å². The first kappa shape index (κ1) is 25.5. The van der Waals surface area contributed by atoms with Gasteiger partial charge in [-0.15, -0.1) is 10.2 Å². The van der Waals surface area contributed by atoms with Gasteiger partial charge < -0.3 is 15.2 Å². The van der Waals surface area contributed by atoms with Crippen LogP contribution in [-0.2, 0) is 22.6 Å². The van der Waals surface area contributed by atoms with E-state index in [4.69, 9.17) is 23.2 Å². The minimum absolute atomic E-state index is 0.0115. The summed E-state index contributed by atoms with van der Waals surface area (Å²) in [4.78, 5) is 35.2. The predicted octanol–water partition coefficient (Wildman–Crippen LogP) is 4.73. The van der Waals surface area contributed by atoms with Crippen LogP contribution in [0.25, 0.3) is 0 Å². The van der Waals surface area contributed by atoms with Crippen molar-refractivity contribution in [3.05, 3.63) is 67.9 Å². The van der Waals surface area contributed by atoms with E-state index in [-0.39, 0.29) is 34.5 Å². The van der Waals surface area contributed by atoms with E-state index < -0.39 is 10.8 Å². The number of benzene rings is 2. The fourth-order valence-electron chi connectivity index (χ4n) is 2.93. The van der Waals surface area contributed by atoms with Gasteiger partial charge >= 0.3 is 0 Å². The Morgan fingerprint density at radius 3 is 2.53 bits per heavy atom. The minimum atomic E-state index is -0.574. The van der Waals surface area contributed by atoms with E-state index in [1.807, 2.05) is 19.9 Å². The lowest BCUT2D eigenvalue weighted by molar-refractivity contribution is -0.384. The van der Waals surface area contributed by atoms with Crippen LogP contribution in [0.15, 0.2) is 41.6 Å². The molecule has 2 N–H and O–H groups in total. The van der Waals surface area contributed by atoms with Gasteiger partial charge in [0.1, 0.15) is 5.82 Å². The van der Waals surface area contributed by atoms with Crippen LogP contribution in [0.1, 0.15) is 18.3 Å². The average Bonchev–Trinajstić information content (AvgIpc) is 3.17. The Bertz CT molecular complexity index is 1250. The number of aromatic nitrogens is 3. The number of aryl methyl sites for hydroxylation is 1. The maximum absolute atomic E-state index is 12.5. The highest BCUT2D eigenvalue weighted by molar-refractivity contribution is 7.99. The summed E-state index contributed by atoms with van der Waals surface area (Å²) in [5.74, 6) is -0.293. The number of thioether (sulfide) groups is 1. The summed E-state index contributed by atoms with van der Waals surface area (Å²) in [6.45, 7) is 4.24. The van der Waals surface area contributed by atoms with E-state index in [0.717, 1.165) is 17.3 Å². The molecule has 34 heavy (non-hydrogen) atoms. The highest BCUT2D eigenvalue weighted by atomic mass is 35.5. The molecule has 0 aliphatic heterocycles. The number of anilines is 2. The molecule has 3 rings (SSSR count). The van der Waals surface area contributed by atoms with Crippen LogP contribution in [0, 0.1) is 17.0 Å². The zero-order chi connectivity index (χ0) is 24.8. The van der Waals surface area contributed by atoms with Crippen LogP contribution in [0.4, 0.5) is 17.1 Å². The maximum atomic E-state index is 12.5. The van der Waals surface area contributed by atoms with Crippen molar-refractivity contribution in [2.24, 2.45) is 0 Å². The van der Waals surface area contributed by atoms with Gasteiger partial charge in [0.25, 0.3) is 5.69 Å².